The van der Waals surface area contributed by atoms with Crippen LogP contribution in [0.1, 0.15) is 48.1 Å². The fourth-order valence-corrected chi connectivity index (χ4v) is 6.57. The summed E-state index contributed by atoms with van der Waals surface area (Å²) in [6, 6.07) is 7.22. The highest BCUT2D eigenvalue weighted by molar-refractivity contribution is 6.30. The van der Waals surface area contributed by atoms with E-state index in [1.54, 1.807) is 0 Å². The molecule has 194 valence electrons. The number of rotatable bonds is 3. The monoisotopic (exact) mass is 531 g/mol. The van der Waals surface area contributed by atoms with Crippen molar-refractivity contribution >= 4 is 17.5 Å². The van der Waals surface area contributed by atoms with Crippen molar-refractivity contribution in [2.75, 3.05) is 31.2 Å². The van der Waals surface area contributed by atoms with Crippen LogP contribution in [0, 0.1) is 5.41 Å². The number of ether oxygens (including phenoxy) is 1. The molecule has 3 aromatic rings. The topological polar surface area (TPSA) is 72.2 Å². The molecule has 0 bridgehead atoms. The van der Waals surface area contributed by atoms with Crippen molar-refractivity contribution in [1.29, 1.82) is 0 Å². The van der Waals surface area contributed by atoms with Gasteiger partial charge in [0.15, 0.2) is 5.82 Å². The Morgan fingerprint density at radius 3 is 2.68 bits per heavy atom. The zero-order chi connectivity index (χ0) is 25.4. The van der Waals surface area contributed by atoms with Gasteiger partial charge in [0.2, 0.25) is 5.95 Å². The molecule has 5 heterocycles. The highest BCUT2D eigenvalue weighted by Crippen LogP contribution is 2.56. The van der Waals surface area contributed by atoms with Gasteiger partial charge in [0, 0.05) is 54.8 Å². The third-order valence-corrected chi connectivity index (χ3v) is 8.41. The number of fused-ring (bicyclic) bond motifs is 3. The first-order valence-corrected chi connectivity index (χ1v) is 12.9. The molecule has 37 heavy (non-hydrogen) atoms. The molecule has 12 heteroatoms. The van der Waals surface area contributed by atoms with Gasteiger partial charge in [-0.15, -0.1) is 10.2 Å². The number of anilines is 1. The predicted molar refractivity (Wildman–Crippen MR) is 128 cm³/mol. The molecule has 1 spiro atoms. The normalized spacial score (nSPS) is 23.4. The van der Waals surface area contributed by atoms with Gasteiger partial charge in [-0.1, -0.05) is 11.6 Å². The lowest BCUT2D eigenvalue weighted by Crippen LogP contribution is -2.62. The predicted octanol–water partition coefficient (Wildman–Crippen LogP) is 4.22. The van der Waals surface area contributed by atoms with Crippen LogP contribution in [0.2, 0.25) is 5.02 Å². The van der Waals surface area contributed by atoms with E-state index in [9.17, 15) is 13.2 Å². The largest absolute Gasteiger partial charge is 0.433 e. The molecule has 2 aromatic heterocycles. The van der Waals surface area contributed by atoms with Crippen molar-refractivity contribution < 1.29 is 17.9 Å². The molecule has 4 aliphatic rings. The Labute approximate surface area is 216 Å². The maximum Gasteiger partial charge on any atom is 0.433 e. The highest BCUT2D eigenvalue weighted by atomic mass is 35.5. The molecule has 0 amide bonds. The van der Waals surface area contributed by atoms with Gasteiger partial charge in [-0.3, -0.25) is 9.47 Å². The second-order valence-corrected chi connectivity index (χ2v) is 11.1. The molecule has 1 aliphatic carbocycles. The van der Waals surface area contributed by atoms with Gasteiger partial charge in [-0.05, 0) is 49.1 Å². The second kappa shape index (κ2) is 8.37. The molecule has 0 radical (unpaired) electrons. The number of aromatic nitrogens is 5. The summed E-state index contributed by atoms with van der Waals surface area (Å²) < 4.78 is 47.0. The Hall–Kier alpha value is -2.76. The lowest BCUT2D eigenvalue weighted by molar-refractivity contribution is -0.141. The summed E-state index contributed by atoms with van der Waals surface area (Å²) in [6.07, 6.45) is -0.494. The summed E-state index contributed by atoms with van der Waals surface area (Å²) >= 11 is 6.38. The van der Waals surface area contributed by atoms with Crippen molar-refractivity contribution in [2.24, 2.45) is 5.41 Å². The van der Waals surface area contributed by atoms with Crippen LogP contribution in [-0.2, 0) is 24.0 Å². The minimum atomic E-state index is -4.48. The zero-order valence-corrected chi connectivity index (χ0v) is 20.7. The van der Waals surface area contributed by atoms with E-state index >= 15 is 0 Å². The maximum absolute atomic E-state index is 13.1. The van der Waals surface area contributed by atoms with Crippen molar-refractivity contribution in [1.82, 2.24) is 29.6 Å². The Kier molecular flexibility index (Phi) is 5.29. The van der Waals surface area contributed by atoms with E-state index in [2.05, 4.69) is 29.6 Å². The summed E-state index contributed by atoms with van der Waals surface area (Å²) in [6.45, 7) is 4.24. The second-order valence-electron chi connectivity index (χ2n) is 10.7. The van der Waals surface area contributed by atoms with Crippen LogP contribution >= 0.6 is 11.6 Å². The molecule has 8 nitrogen and oxygen atoms in total. The van der Waals surface area contributed by atoms with Crippen LogP contribution in [0.5, 0.6) is 0 Å². The fourth-order valence-electron chi connectivity index (χ4n) is 6.37. The molecule has 0 unspecified atom stereocenters. The smallest absolute Gasteiger partial charge is 0.380 e. The number of alkyl halides is 3. The Bertz CT molecular complexity index is 1340. The molecular weight excluding hydrogens is 507 g/mol. The summed E-state index contributed by atoms with van der Waals surface area (Å²) in [5, 5.41) is 9.95. The summed E-state index contributed by atoms with van der Waals surface area (Å²) in [5.41, 5.74) is 1.35. The van der Waals surface area contributed by atoms with Crippen LogP contribution in [0.15, 0.2) is 30.5 Å². The molecule has 3 aliphatic heterocycles. The average molecular weight is 532 g/mol. The highest BCUT2D eigenvalue weighted by Gasteiger charge is 2.55. The van der Waals surface area contributed by atoms with E-state index in [1.807, 2.05) is 23.1 Å². The molecular formula is C25H25ClF3N7O. The van der Waals surface area contributed by atoms with Gasteiger partial charge in [-0.25, -0.2) is 9.97 Å². The number of benzene rings is 1. The van der Waals surface area contributed by atoms with Crippen molar-refractivity contribution in [3.05, 3.63) is 58.4 Å². The minimum Gasteiger partial charge on any atom is -0.380 e. The van der Waals surface area contributed by atoms with Gasteiger partial charge in [0.1, 0.15) is 11.5 Å². The molecule has 0 N–H and O–H groups in total. The average Bonchev–Trinajstić information content (AvgIpc) is 3.45. The first kappa shape index (κ1) is 23.4. The summed E-state index contributed by atoms with van der Waals surface area (Å²) in [4.78, 5) is 12.0. The maximum atomic E-state index is 13.1. The minimum absolute atomic E-state index is 0.0510. The molecule has 2 saturated heterocycles. The number of hydrogen-bond donors (Lipinski definition) is 0. The van der Waals surface area contributed by atoms with Crippen LogP contribution < -0.4 is 4.90 Å². The standard InChI is InChI=1S/C25H25ClF3N7O/c26-17-1-2-19-15(7-17)10-34(18-4-6-37-12-18)11-21-32-33-22(36(19)21)16-8-24(9-16)13-35(14-24)23-30-5-3-20(31-23)25(27,28)29/h1-3,5,7,16,18H,4,6,8-14H2/t18-/m1/s1. The number of hydrogen-bond acceptors (Lipinski definition) is 7. The number of nitrogens with zero attached hydrogens (tertiary/aromatic N) is 7. The molecule has 1 saturated carbocycles. The lowest BCUT2D eigenvalue weighted by atomic mass is 9.57. The third-order valence-electron chi connectivity index (χ3n) is 8.17. The van der Waals surface area contributed by atoms with Crippen molar-refractivity contribution in [2.45, 2.75) is 50.5 Å². The Balaban J connectivity index is 1.11. The van der Waals surface area contributed by atoms with E-state index in [1.165, 1.54) is 6.20 Å². The van der Waals surface area contributed by atoms with Crippen LogP contribution in [0.25, 0.3) is 5.69 Å². The van der Waals surface area contributed by atoms with Gasteiger partial charge >= 0.3 is 6.18 Å². The number of halogens is 4. The van der Waals surface area contributed by atoms with Crippen LogP contribution in [0.3, 0.4) is 0 Å². The summed E-state index contributed by atoms with van der Waals surface area (Å²) in [7, 11) is 0. The van der Waals surface area contributed by atoms with E-state index in [-0.39, 0.29) is 17.3 Å². The van der Waals surface area contributed by atoms with Crippen LogP contribution in [-0.4, -0.2) is 62.0 Å². The third kappa shape index (κ3) is 3.98. The van der Waals surface area contributed by atoms with Crippen molar-refractivity contribution in [3.8, 4) is 5.69 Å². The first-order valence-electron chi connectivity index (χ1n) is 12.5. The Morgan fingerprint density at radius 2 is 1.92 bits per heavy atom. The van der Waals surface area contributed by atoms with Crippen LogP contribution in [0.4, 0.5) is 19.1 Å². The van der Waals surface area contributed by atoms with Gasteiger partial charge in [-0.2, -0.15) is 13.2 Å². The zero-order valence-electron chi connectivity index (χ0n) is 20.0. The molecule has 1 atom stereocenters. The molecule has 3 fully saturated rings. The quantitative estimate of drug-likeness (QED) is 0.501. The van der Waals surface area contributed by atoms with Crippen molar-refractivity contribution in [3.63, 3.8) is 0 Å². The van der Waals surface area contributed by atoms with Gasteiger partial charge < -0.3 is 9.64 Å². The van der Waals surface area contributed by atoms with E-state index in [0.29, 0.717) is 37.3 Å². The lowest BCUT2D eigenvalue weighted by Gasteiger charge is -2.58. The first-order chi connectivity index (χ1) is 17.8. The summed E-state index contributed by atoms with van der Waals surface area (Å²) in [5.74, 6) is 2.23. The van der Waals surface area contributed by atoms with Gasteiger partial charge in [0.25, 0.3) is 0 Å². The fraction of sp³-hybridized carbons (Fsp3) is 0.520. The SMILES string of the molecule is FC(F)(F)c1ccnc(N2CC3(CC(c4nnc5n4-c4ccc(Cl)cc4CN([C@@H]4CCOC4)C5)C3)C2)n1. The van der Waals surface area contributed by atoms with Gasteiger partial charge in [0.05, 0.1) is 18.8 Å². The molecule has 7 rings (SSSR count). The van der Waals surface area contributed by atoms with E-state index in [0.717, 1.165) is 61.4 Å². The molecule has 1 aromatic carbocycles. The van der Waals surface area contributed by atoms with E-state index < -0.39 is 11.9 Å². The van der Waals surface area contributed by atoms with E-state index in [4.69, 9.17) is 16.3 Å². The Morgan fingerprint density at radius 1 is 1.08 bits per heavy atom.